The predicted octanol–water partition coefficient (Wildman–Crippen LogP) is 4.10. The van der Waals surface area contributed by atoms with Crippen LogP contribution < -0.4 is 15.0 Å². The van der Waals surface area contributed by atoms with E-state index in [1.54, 1.807) is 0 Å². The second-order valence-electron chi connectivity index (χ2n) is 7.07. The van der Waals surface area contributed by atoms with E-state index in [0.29, 0.717) is 24.1 Å². The number of nitrogens with zero attached hydrogens (tertiary/aromatic N) is 1. The van der Waals surface area contributed by atoms with Gasteiger partial charge < -0.3 is 15.0 Å². The zero-order valence-corrected chi connectivity index (χ0v) is 15.1. The Bertz CT molecular complexity index is 825. The van der Waals surface area contributed by atoms with Crippen molar-refractivity contribution >= 4 is 18.1 Å². The van der Waals surface area contributed by atoms with Crippen LogP contribution in [0.1, 0.15) is 24.3 Å². The van der Waals surface area contributed by atoms with Crippen molar-refractivity contribution in [2.45, 2.75) is 24.8 Å². The Morgan fingerprint density at radius 2 is 1.96 bits per heavy atom. The molecule has 0 aromatic heterocycles. The molecule has 2 aromatic rings. The number of anilines is 1. The number of nitrogens with one attached hydrogen (secondary N) is 1. The van der Waals surface area contributed by atoms with E-state index in [4.69, 9.17) is 4.74 Å². The molecule has 3 nitrogen and oxygen atoms in total. The highest BCUT2D eigenvalue weighted by Crippen LogP contribution is 2.51. The highest BCUT2D eigenvalue weighted by molar-refractivity contribution is 5.85. The zero-order chi connectivity index (χ0) is 17.0. The van der Waals surface area contributed by atoms with Crippen molar-refractivity contribution in [3.63, 3.8) is 0 Å². The molecule has 2 unspecified atom stereocenters. The molecule has 0 radical (unpaired) electrons. The van der Waals surface area contributed by atoms with Crippen LogP contribution in [-0.4, -0.2) is 32.3 Å². The Balaban J connectivity index is 0.00000168. The first-order valence-corrected chi connectivity index (χ1v) is 8.96. The second kappa shape index (κ2) is 6.71. The van der Waals surface area contributed by atoms with E-state index in [1.807, 2.05) is 12.1 Å². The van der Waals surface area contributed by atoms with Crippen LogP contribution in [0.2, 0.25) is 0 Å². The molecule has 2 aromatic carbocycles. The van der Waals surface area contributed by atoms with Crippen molar-refractivity contribution in [2.75, 3.05) is 31.1 Å². The van der Waals surface area contributed by atoms with Gasteiger partial charge in [-0.2, -0.15) is 0 Å². The van der Waals surface area contributed by atoms with Gasteiger partial charge in [0.05, 0.1) is 17.9 Å². The molecule has 5 rings (SSSR count). The summed E-state index contributed by atoms with van der Waals surface area (Å²) in [7, 11) is 0. The van der Waals surface area contributed by atoms with Crippen LogP contribution in [0.5, 0.6) is 5.75 Å². The number of hydrogen-bond donors (Lipinski definition) is 1. The van der Waals surface area contributed by atoms with Crippen LogP contribution in [0.3, 0.4) is 0 Å². The Morgan fingerprint density at radius 3 is 2.77 bits per heavy atom. The zero-order valence-electron chi connectivity index (χ0n) is 14.3. The highest BCUT2D eigenvalue weighted by Gasteiger charge is 2.42. The first-order chi connectivity index (χ1) is 12.2. The number of rotatable bonds is 1. The predicted molar refractivity (Wildman–Crippen MR) is 101 cm³/mol. The molecule has 0 spiro atoms. The van der Waals surface area contributed by atoms with Crippen LogP contribution in [0, 0.1) is 11.6 Å². The van der Waals surface area contributed by atoms with Crippen molar-refractivity contribution in [3.8, 4) is 16.9 Å². The average molecular weight is 379 g/mol. The van der Waals surface area contributed by atoms with Crippen LogP contribution in [-0.2, 0) is 0 Å². The van der Waals surface area contributed by atoms with Crippen LogP contribution >= 0.6 is 12.4 Å². The molecule has 0 amide bonds. The number of benzene rings is 2. The minimum atomic E-state index is -0.533. The van der Waals surface area contributed by atoms with E-state index < -0.39 is 11.6 Å². The summed E-state index contributed by atoms with van der Waals surface area (Å²) in [6, 6.07) is 8.25. The smallest absolute Gasteiger partial charge is 0.143 e. The minimum absolute atomic E-state index is 0. The standard InChI is InChI=1S/C20H20F2N2O.ClH/c21-15-3-1-4-16(22)19(15)12-9-13-14-11-23-6-5-17(14)24-7-2-8-25-18(10-12)20(13)24;/h1,3-4,9-10,14,17,23H,2,5-8,11H2;1H. The Hall–Kier alpha value is -1.85. The summed E-state index contributed by atoms with van der Waals surface area (Å²) in [5.74, 6) is 0.0453. The lowest BCUT2D eigenvalue weighted by Gasteiger charge is -2.33. The monoisotopic (exact) mass is 378 g/mol. The van der Waals surface area contributed by atoms with Gasteiger partial charge in [0.2, 0.25) is 0 Å². The summed E-state index contributed by atoms with van der Waals surface area (Å²) >= 11 is 0. The molecule has 2 atom stereocenters. The maximum Gasteiger partial charge on any atom is 0.143 e. The number of hydrogen-bond acceptors (Lipinski definition) is 3. The summed E-state index contributed by atoms with van der Waals surface area (Å²) in [4.78, 5) is 2.46. The summed E-state index contributed by atoms with van der Waals surface area (Å²) < 4.78 is 34.6. The molecule has 0 bridgehead atoms. The van der Waals surface area contributed by atoms with Crippen molar-refractivity contribution in [1.29, 1.82) is 0 Å². The van der Waals surface area contributed by atoms with Crippen molar-refractivity contribution in [3.05, 3.63) is 47.5 Å². The molecule has 3 aliphatic heterocycles. The minimum Gasteiger partial charge on any atom is -0.491 e. The number of ether oxygens (including phenoxy) is 1. The maximum atomic E-state index is 14.3. The molecule has 138 valence electrons. The maximum absolute atomic E-state index is 14.3. The SMILES string of the molecule is Cl.Fc1cccc(F)c1-c1cc2c3c(c1)C1CNCCC1N3CCCO2. The molecular weight excluding hydrogens is 358 g/mol. The van der Waals surface area contributed by atoms with Gasteiger partial charge in [-0.05, 0) is 54.8 Å². The number of halogens is 3. The molecule has 0 saturated carbocycles. The molecule has 1 saturated heterocycles. The first kappa shape index (κ1) is 17.6. The van der Waals surface area contributed by atoms with E-state index >= 15 is 0 Å². The molecule has 1 N–H and O–H groups in total. The van der Waals surface area contributed by atoms with Gasteiger partial charge >= 0.3 is 0 Å². The third-order valence-corrected chi connectivity index (χ3v) is 5.69. The topological polar surface area (TPSA) is 24.5 Å². The third kappa shape index (κ3) is 2.57. The van der Waals surface area contributed by atoms with Gasteiger partial charge in [-0.3, -0.25) is 0 Å². The summed E-state index contributed by atoms with van der Waals surface area (Å²) in [5.41, 5.74) is 2.90. The quantitative estimate of drug-likeness (QED) is 0.808. The summed E-state index contributed by atoms with van der Waals surface area (Å²) in [6.45, 7) is 3.53. The molecule has 3 aliphatic rings. The van der Waals surface area contributed by atoms with Gasteiger partial charge in [0, 0.05) is 25.0 Å². The molecule has 26 heavy (non-hydrogen) atoms. The average Bonchev–Trinajstić information content (AvgIpc) is 2.77. The van der Waals surface area contributed by atoms with Gasteiger partial charge in [-0.15, -0.1) is 12.4 Å². The lowest BCUT2D eigenvalue weighted by Crippen LogP contribution is -2.44. The lowest BCUT2D eigenvalue weighted by atomic mass is 9.88. The number of piperidine rings is 1. The lowest BCUT2D eigenvalue weighted by molar-refractivity contribution is 0.319. The Morgan fingerprint density at radius 1 is 1.15 bits per heavy atom. The molecule has 3 heterocycles. The van der Waals surface area contributed by atoms with Crippen molar-refractivity contribution in [1.82, 2.24) is 5.32 Å². The first-order valence-electron chi connectivity index (χ1n) is 8.96. The van der Waals surface area contributed by atoms with E-state index in [-0.39, 0.29) is 18.0 Å². The number of fused-ring (bicyclic) bond motifs is 3. The normalized spacial score (nSPS) is 23.4. The van der Waals surface area contributed by atoms with Gasteiger partial charge in [0.15, 0.2) is 0 Å². The van der Waals surface area contributed by atoms with Gasteiger partial charge in [-0.1, -0.05) is 6.07 Å². The van der Waals surface area contributed by atoms with Crippen LogP contribution in [0.15, 0.2) is 30.3 Å². The summed E-state index contributed by atoms with van der Waals surface area (Å²) in [5, 5.41) is 3.46. The molecule has 0 aliphatic carbocycles. The second-order valence-corrected chi connectivity index (χ2v) is 7.07. The van der Waals surface area contributed by atoms with Gasteiger partial charge in [0.25, 0.3) is 0 Å². The largest absolute Gasteiger partial charge is 0.491 e. The molecular formula is C20H21ClF2N2O. The third-order valence-electron chi connectivity index (χ3n) is 5.69. The molecule has 6 heteroatoms. The Labute approximate surface area is 157 Å². The van der Waals surface area contributed by atoms with E-state index in [1.165, 1.54) is 18.2 Å². The highest BCUT2D eigenvalue weighted by atomic mass is 35.5. The van der Waals surface area contributed by atoms with Crippen LogP contribution in [0.4, 0.5) is 14.5 Å². The fourth-order valence-corrected chi connectivity index (χ4v) is 4.64. The van der Waals surface area contributed by atoms with E-state index in [2.05, 4.69) is 10.2 Å². The van der Waals surface area contributed by atoms with Gasteiger partial charge in [0.1, 0.15) is 17.4 Å². The van der Waals surface area contributed by atoms with E-state index in [0.717, 1.165) is 49.5 Å². The van der Waals surface area contributed by atoms with Crippen LogP contribution in [0.25, 0.3) is 11.1 Å². The summed E-state index contributed by atoms with van der Waals surface area (Å²) in [6.07, 6.45) is 2.05. The Kier molecular flexibility index (Phi) is 4.53. The molecule has 1 fully saturated rings. The van der Waals surface area contributed by atoms with Crippen molar-refractivity contribution < 1.29 is 13.5 Å². The fraction of sp³-hybridized carbons (Fsp3) is 0.400. The van der Waals surface area contributed by atoms with Crippen molar-refractivity contribution in [2.24, 2.45) is 0 Å². The van der Waals surface area contributed by atoms with Gasteiger partial charge in [-0.25, -0.2) is 8.78 Å². The van der Waals surface area contributed by atoms with E-state index in [9.17, 15) is 8.78 Å². The fourth-order valence-electron chi connectivity index (χ4n) is 4.64.